The highest BCUT2D eigenvalue weighted by Gasteiger charge is 2.25. The van der Waals surface area contributed by atoms with Crippen molar-refractivity contribution in [3.8, 4) is 0 Å². The number of hydrogen-bond donors (Lipinski definition) is 3. The van der Waals surface area contributed by atoms with Gasteiger partial charge in [0, 0.05) is 32.1 Å². The molecule has 0 heterocycles. The van der Waals surface area contributed by atoms with Gasteiger partial charge < -0.3 is 20.6 Å². The van der Waals surface area contributed by atoms with Crippen molar-refractivity contribution in [1.82, 2.24) is 15.5 Å². The Morgan fingerprint density at radius 3 is 2.52 bits per heavy atom. The van der Waals surface area contributed by atoms with Crippen LogP contribution in [-0.4, -0.2) is 60.7 Å². The molecule has 1 fully saturated rings. The molecule has 0 spiro atoms. The van der Waals surface area contributed by atoms with E-state index in [4.69, 9.17) is 0 Å². The second-order valence-corrected chi connectivity index (χ2v) is 6.84. The fourth-order valence-electron chi connectivity index (χ4n) is 2.61. The average Bonchev–Trinajstić information content (AvgIpc) is 2.73. The number of hydrogen-bond acceptors (Lipinski definition) is 3. The molecule has 6 heteroatoms. The lowest BCUT2D eigenvalue weighted by molar-refractivity contribution is -0.122. The summed E-state index contributed by atoms with van der Waals surface area (Å²) in [5.41, 5.74) is -0.233. The summed E-state index contributed by atoms with van der Waals surface area (Å²) in [5, 5.41) is 16.0. The first-order valence-electron chi connectivity index (χ1n) is 7.64. The number of likely N-dealkylation sites (N-methyl/N-ethyl adjacent to an activating group) is 1. The number of guanidine groups is 1. The van der Waals surface area contributed by atoms with Gasteiger partial charge in [-0.3, -0.25) is 9.79 Å². The van der Waals surface area contributed by atoms with Gasteiger partial charge in [0.25, 0.3) is 0 Å². The van der Waals surface area contributed by atoms with Crippen LogP contribution in [0.5, 0.6) is 0 Å². The lowest BCUT2D eigenvalue weighted by Crippen LogP contribution is -2.49. The van der Waals surface area contributed by atoms with Crippen molar-refractivity contribution in [2.45, 2.75) is 51.7 Å². The molecule has 122 valence electrons. The van der Waals surface area contributed by atoms with Gasteiger partial charge in [0.05, 0.1) is 12.6 Å². The molecule has 1 aliphatic carbocycles. The SMILES string of the molecule is CN=C(NCC1CCCC1O)N(C)CC(=O)NC(C)(C)C. The molecular formula is C15H30N4O2. The number of carbonyl (C=O) groups excluding carboxylic acids is 1. The van der Waals surface area contributed by atoms with Crippen molar-refractivity contribution in [2.75, 3.05) is 27.2 Å². The minimum Gasteiger partial charge on any atom is -0.393 e. The maximum Gasteiger partial charge on any atom is 0.240 e. The monoisotopic (exact) mass is 298 g/mol. The highest BCUT2D eigenvalue weighted by Crippen LogP contribution is 2.24. The van der Waals surface area contributed by atoms with Crippen LogP contribution in [0, 0.1) is 5.92 Å². The zero-order valence-corrected chi connectivity index (χ0v) is 13.9. The van der Waals surface area contributed by atoms with E-state index in [-0.39, 0.29) is 30.0 Å². The van der Waals surface area contributed by atoms with Crippen LogP contribution in [0.1, 0.15) is 40.0 Å². The van der Waals surface area contributed by atoms with Crippen molar-refractivity contribution in [3.63, 3.8) is 0 Å². The van der Waals surface area contributed by atoms with Gasteiger partial charge in [-0.15, -0.1) is 0 Å². The molecule has 2 unspecified atom stereocenters. The number of amides is 1. The molecule has 2 atom stereocenters. The molecule has 0 aromatic rings. The van der Waals surface area contributed by atoms with Gasteiger partial charge in [0.2, 0.25) is 5.91 Å². The largest absolute Gasteiger partial charge is 0.393 e. The van der Waals surface area contributed by atoms with E-state index in [0.29, 0.717) is 12.5 Å². The maximum atomic E-state index is 11.9. The smallest absolute Gasteiger partial charge is 0.240 e. The van der Waals surface area contributed by atoms with Gasteiger partial charge in [-0.2, -0.15) is 0 Å². The van der Waals surface area contributed by atoms with E-state index in [9.17, 15) is 9.90 Å². The Balaban J connectivity index is 2.42. The molecular weight excluding hydrogens is 268 g/mol. The number of nitrogens with zero attached hydrogens (tertiary/aromatic N) is 2. The minimum atomic E-state index is -0.233. The number of aliphatic imine (C=N–C) groups is 1. The van der Waals surface area contributed by atoms with E-state index in [1.54, 1.807) is 11.9 Å². The topological polar surface area (TPSA) is 77.0 Å². The molecule has 0 aromatic heterocycles. The summed E-state index contributed by atoms with van der Waals surface area (Å²) >= 11 is 0. The Labute approximate surface area is 128 Å². The molecule has 0 aromatic carbocycles. The Morgan fingerprint density at radius 1 is 1.38 bits per heavy atom. The summed E-state index contributed by atoms with van der Waals surface area (Å²) in [6.07, 6.45) is 2.79. The van der Waals surface area contributed by atoms with E-state index in [0.717, 1.165) is 19.3 Å². The Bertz CT molecular complexity index is 376. The predicted octanol–water partition coefficient (Wildman–Crippen LogP) is 0.569. The normalized spacial score (nSPS) is 23.0. The Kier molecular flexibility index (Phi) is 6.45. The number of aliphatic hydroxyl groups is 1. The van der Waals surface area contributed by atoms with Gasteiger partial charge in [-0.25, -0.2) is 0 Å². The molecule has 3 N–H and O–H groups in total. The molecule has 0 radical (unpaired) electrons. The van der Waals surface area contributed by atoms with E-state index in [1.807, 2.05) is 27.8 Å². The van der Waals surface area contributed by atoms with Crippen LogP contribution in [0.25, 0.3) is 0 Å². The maximum absolute atomic E-state index is 11.9. The third-order valence-electron chi connectivity index (χ3n) is 3.61. The van der Waals surface area contributed by atoms with Crippen LogP contribution in [0.4, 0.5) is 0 Å². The molecule has 0 saturated heterocycles. The van der Waals surface area contributed by atoms with E-state index in [2.05, 4.69) is 15.6 Å². The molecule has 0 bridgehead atoms. The zero-order valence-electron chi connectivity index (χ0n) is 13.9. The summed E-state index contributed by atoms with van der Waals surface area (Å²) in [4.78, 5) is 17.9. The lowest BCUT2D eigenvalue weighted by atomic mass is 10.1. The van der Waals surface area contributed by atoms with Gasteiger partial charge >= 0.3 is 0 Å². The van der Waals surface area contributed by atoms with Gasteiger partial charge in [0.15, 0.2) is 5.96 Å². The summed E-state index contributed by atoms with van der Waals surface area (Å²) in [6.45, 7) is 6.82. The standard InChI is InChI=1S/C15H30N4O2/c1-15(2,3)18-13(21)10-19(5)14(16-4)17-9-11-7-6-8-12(11)20/h11-12,20H,6-10H2,1-5H3,(H,16,17)(H,18,21). The second kappa shape index (κ2) is 7.64. The van der Waals surface area contributed by atoms with E-state index >= 15 is 0 Å². The average molecular weight is 298 g/mol. The summed E-state index contributed by atoms with van der Waals surface area (Å²) in [6, 6.07) is 0. The third-order valence-corrected chi connectivity index (χ3v) is 3.61. The van der Waals surface area contributed by atoms with Crippen molar-refractivity contribution < 1.29 is 9.90 Å². The summed E-state index contributed by atoms with van der Waals surface area (Å²) in [7, 11) is 3.54. The molecule has 21 heavy (non-hydrogen) atoms. The fraction of sp³-hybridized carbons (Fsp3) is 0.867. The lowest BCUT2D eigenvalue weighted by Gasteiger charge is -2.26. The zero-order chi connectivity index (χ0) is 16.0. The van der Waals surface area contributed by atoms with E-state index < -0.39 is 0 Å². The highest BCUT2D eigenvalue weighted by atomic mass is 16.3. The third kappa shape index (κ3) is 6.33. The number of aliphatic hydroxyl groups excluding tert-OH is 1. The molecule has 0 aliphatic heterocycles. The number of carbonyl (C=O) groups is 1. The van der Waals surface area contributed by atoms with Crippen molar-refractivity contribution in [2.24, 2.45) is 10.9 Å². The first-order valence-corrected chi connectivity index (χ1v) is 7.64. The van der Waals surface area contributed by atoms with Gasteiger partial charge in [-0.1, -0.05) is 6.42 Å². The van der Waals surface area contributed by atoms with Crippen molar-refractivity contribution in [3.05, 3.63) is 0 Å². The molecule has 1 amide bonds. The first-order chi connectivity index (χ1) is 9.73. The van der Waals surface area contributed by atoms with Crippen LogP contribution in [0.15, 0.2) is 4.99 Å². The summed E-state index contributed by atoms with van der Waals surface area (Å²) < 4.78 is 0. The first kappa shape index (κ1) is 17.8. The molecule has 1 saturated carbocycles. The van der Waals surface area contributed by atoms with Gasteiger partial charge in [0.1, 0.15) is 0 Å². The molecule has 1 aliphatic rings. The number of rotatable bonds is 4. The Morgan fingerprint density at radius 2 is 2.05 bits per heavy atom. The molecule has 6 nitrogen and oxygen atoms in total. The van der Waals surface area contributed by atoms with Crippen LogP contribution in [0.2, 0.25) is 0 Å². The van der Waals surface area contributed by atoms with Gasteiger partial charge in [-0.05, 0) is 33.6 Å². The second-order valence-electron chi connectivity index (χ2n) is 6.84. The van der Waals surface area contributed by atoms with Crippen molar-refractivity contribution in [1.29, 1.82) is 0 Å². The number of nitrogens with one attached hydrogen (secondary N) is 2. The minimum absolute atomic E-state index is 0.0335. The van der Waals surface area contributed by atoms with Crippen LogP contribution in [0.3, 0.4) is 0 Å². The van der Waals surface area contributed by atoms with Crippen LogP contribution in [-0.2, 0) is 4.79 Å². The van der Waals surface area contributed by atoms with Crippen molar-refractivity contribution >= 4 is 11.9 Å². The predicted molar refractivity (Wildman–Crippen MR) is 85.2 cm³/mol. The summed E-state index contributed by atoms with van der Waals surface area (Å²) in [5.74, 6) is 0.922. The molecule has 1 rings (SSSR count). The Hall–Kier alpha value is -1.30. The highest BCUT2D eigenvalue weighted by molar-refractivity contribution is 5.86. The van der Waals surface area contributed by atoms with Crippen LogP contribution < -0.4 is 10.6 Å². The van der Waals surface area contributed by atoms with Crippen LogP contribution >= 0.6 is 0 Å². The van der Waals surface area contributed by atoms with E-state index in [1.165, 1.54) is 0 Å². The quantitative estimate of drug-likeness (QED) is 0.524. The fourth-order valence-corrected chi connectivity index (χ4v) is 2.61.